The average Bonchev–Trinajstić information content (AvgIpc) is 3.07. The molecule has 158 valence electrons. The Balaban J connectivity index is 1.43. The van der Waals surface area contributed by atoms with Crippen molar-refractivity contribution in [3.8, 4) is 0 Å². The lowest BCUT2D eigenvalue weighted by molar-refractivity contribution is -0.243. The number of ether oxygens (including phenoxy) is 6. The summed E-state index contributed by atoms with van der Waals surface area (Å²) in [6.07, 6.45) is 7.62. The molecule has 0 bridgehead atoms. The quantitative estimate of drug-likeness (QED) is 0.526. The molecule has 0 N–H and O–H groups in total. The smallest absolute Gasteiger partial charge is 0.190 e. The minimum absolute atomic E-state index is 0.201. The van der Waals surface area contributed by atoms with Crippen molar-refractivity contribution in [3.63, 3.8) is 0 Å². The van der Waals surface area contributed by atoms with Gasteiger partial charge in [0, 0.05) is 6.61 Å². The molecule has 3 fully saturated rings. The molecule has 0 radical (unpaired) electrons. The molecule has 3 saturated heterocycles. The highest BCUT2D eigenvalue weighted by molar-refractivity contribution is 5.00. The zero-order valence-corrected chi connectivity index (χ0v) is 17.7. The molecule has 0 unspecified atom stereocenters. The third-order valence-corrected chi connectivity index (χ3v) is 5.43. The molecule has 6 heteroatoms. The van der Waals surface area contributed by atoms with E-state index in [1.165, 1.54) is 38.5 Å². The van der Waals surface area contributed by atoms with Crippen molar-refractivity contribution in [2.24, 2.45) is 0 Å². The maximum atomic E-state index is 6.15. The van der Waals surface area contributed by atoms with Crippen LogP contribution in [0.1, 0.15) is 79.6 Å². The van der Waals surface area contributed by atoms with Crippen LogP contribution in [0.25, 0.3) is 0 Å². The van der Waals surface area contributed by atoms with Gasteiger partial charge in [-0.1, -0.05) is 45.4 Å². The minimum Gasteiger partial charge on any atom is -0.379 e. The van der Waals surface area contributed by atoms with Crippen molar-refractivity contribution in [3.05, 3.63) is 0 Å². The highest BCUT2D eigenvalue weighted by Crippen LogP contribution is 2.44. The molecule has 0 aromatic carbocycles. The fourth-order valence-corrected chi connectivity index (χ4v) is 4.19. The van der Waals surface area contributed by atoms with E-state index >= 15 is 0 Å². The van der Waals surface area contributed by atoms with Crippen molar-refractivity contribution in [1.29, 1.82) is 0 Å². The van der Waals surface area contributed by atoms with Gasteiger partial charge in [-0.05, 0) is 34.1 Å². The largest absolute Gasteiger partial charge is 0.379 e. The van der Waals surface area contributed by atoms with Gasteiger partial charge >= 0.3 is 0 Å². The third kappa shape index (κ3) is 5.64. The fourth-order valence-electron chi connectivity index (χ4n) is 4.19. The first-order chi connectivity index (χ1) is 12.8. The molecular weight excluding hydrogens is 348 g/mol. The second-order valence-electron chi connectivity index (χ2n) is 8.90. The van der Waals surface area contributed by atoms with Crippen LogP contribution in [0.5, 0.6) is 0 Å². The predicted molar refractivity (Wildman–Crippen MR) is 101 cm³/mol. The Bertz CT molecular complexity index is 466. The summed E-state index contributed by atoms with van der Waals surface area (Å²) in [6, 6.07) is 0. The second-order valence-corrected chi connectivity index (χ2v) is 8.90. The van der Waals surface area contributed by atoms with E-state index in [4.69, 9.17) is 28.4 Å². The third-order valence-electron chi connectivity index (χ3n) is 5.43. The summed E-state index contributed by atoms with van der Waals surface area (Å²) in [5.74, 6) is -1.33. The van der Waals surface area contributed by atoms with Crippen molar-refractivity contribution >= 4 is 0 Å². The van der Waals surface area contributed by atoms with Crippen LogP contribution in [0, 0.1) is 0 Å². The molecule has 0 amide bonds. The minimum atomic E-state index is -0.677. The maximum Gasteiger partial charge on any atom is 0.190 e. The van der Waals surface area contributed by atoms with Crippen molar-refractivity contribution in [2.75, 3.05) is 13.2 Å². The standard InChI is InChI=1S/C21H38O6/c1-6-7-8-9-10-11-12-13-22-14-15-16-17(25-20(2,3)24-16)18-19(23-15)27-21(4,5)26-18/h15-19H,6-14H2,1-5H3/t15-,16-,17+,18+,19+/m0/s1. The van der Waals surface area contributed by atoms with Gasteiger partial charge in [-0.2, -0.15) is 0 Å². The monoisotopic (exact) mass is 386 g/mol. The van der Waals surface area contributed by atoms with E-state index in [9.17, 15) is 0 Å². The van der Waals surface area contributed by atoms with Crippen LogP contribution < -0.4 is 0 Å². The molecule has 0 aromatic rings. The molecule has 6 nitrogen and oxygen atoms in total. The van der Waals surface area contributed by atoms with Gasteiger partial charge in [-0.3, -0.25) is 0 Å². The molecule has 0 saturated carbocycles. The fraction of sp³-hybridized carbons (Fsp3) is 1.00. The molecule has 3 heterocycles. The highest BCUT2D eigenvalue weighted by Gasteiger charge is 2.60. The van der Waals surface area contributed by atoms with Gasteiger partial charge in [0.15, 0.2) is 17.9 Å². The normalized spacial score (nSPS) is 36.6. The van der Waals surface area contributed by atoms with Crippen LogP contribution in [-0.2, 0) is 28.4 Å². The SMILES string of the molecule is CCCCCCCCCOC[C@@H]1O[C@@H]2OC(C)(C)O[C@@H]2[C@@H]2OC(C)(C)O[C@H]21. The van der Waals surface area contributed by atoms with Crippen LogP contribution >= 0.6 is 0 Å². The summed E-state index contributed by atoms with van der Waals surface area (Å²) in [4.78, 5) is 0. The summed E-state index contributed by atoms with van der Waals surface area (Å²) in [5, 5.41) is 0. The molecule has 3 aliphatic rings. The Morgan fingerprint density at radius 2 is 1.30 bits per heavy atom. The van der Waals surface area contributed by atoms with Gasteiger partial charge in [0.1, 0.15) is 24.4 Å². The maximum absolute atomic E-state index is 6.15. The van der Waals surface area contributed by atoms with E-state index in [2.05, 4.69) is 6.92 Å². The van der Waals surface area contributed by atoms with Crippen LogP contribution in [0.4, 0.5) is 0 Å². The number of hydrogen-bond donors (Lipinski definition) is 0. The zero-order chi connectivity index (χ0) is 19.5. The van der Waals surface area contributed by atoms with Gasteiger partial charge in [0.05, 0.1) is 6.61 Å². The van der Waals surface area contributed by atoms with Crippen LogP contribution in [0.15, 0.2) is 0 Å². The Morgan fingerprint density at radius 1 is 0.704 bits per heavy atom. The Hall–Kier alpha value is -0.240. The lowest BCUT2D eigenvalue weighted by Crippen LogP contribution is -2.56. The topological polar surface area (TPSA) is 55.4 Å². The molecule has 3 rings (SSSR count). The second kappa shape index (κ2) is 9.06. The zero-order valence-electron chi connectivity index (χ0n) is 17.7. The number of unbranched alkanes of at least 4 members (excludes halogenated alkanes) is 6. The lowest BCUT2D eigenvalue weighted by Gasteiger charge is -2.37. The first-order valence-electron chi connectivity index (χ1n) is 10.8. The number of hydrogen-bond acceptors (Lipinski definition) is 6. The van der Waals surface area contributed by atoms with E-state index in [1.54, 1.807) is 0 Å². The Kier molecular flexibility index (Phi) is 7.20. The first-order valence-corrected chi connectivity index (χ1v) is 10.8. The van der Waals surface area contributed by atoms with Gasteiger partial charge in [0.2, 0.25) is 0 Å². The summed E-state index contributed by atoms with van der Waals surface area (Å²) < 4.78 is 36.2. The number of fused-ring (bicyclic) bond motifs is 3. The van der Waals surface area contributed by atoms with E-state index < -0.39 is 17.9 Å². The molecule has 0 aromatic heterocycles. The first kappa shape index (κ1) is 21.5. The summed E-state index contributed by atoms with van der Waals surface area (Å²) >= 11 is 0. The summed E-state index contributed by atoms with van der Waals surface area (Å²) in [5.41, 5.74) is 0. The molecule has 27 heavy (non-hydrogen) atoms. The van der Waals surface area contributed by atoms with Crippen molar-refractivity contribution in [2.45, 2.75) is 122 Å². The van der Waals surface area contributed by atoms with E-state index in [0.29, 0.717) is 6.61 Å². The van der Waals surface area contributed by atoms with Crippen LogP contribution in [-0.4, -0.2) is 55.5 Å². The van der Waals surface area contributed by atoms with Gasteiger partial charge in [-0.15, -0.1) is 0 Å². The van der Waals surface area contributed by atoms with Gasteiger partial charge < -0.3 is 28.4 Å². The summed E-state index contributed by atoms with van der Waals surface area (Å²) in [7, 11) is 0. The van der Waals surface area contributed by atoms with E-state index in [-0.39, 0.29) is 24.4 Å². The van der Waals surface area contributed by atoms with Crippen LogP contribution in [0.2, 0.25) is 0 Å². The van der Waals surface area contributed by atoms with Gasteiger partial charge in [-0.25, -0.2) is 0 Å². The predicted octanol–water partition coefficient (Wildman–Crippen LogP) is 4.15. The van der Waals surface area contributed by atoms with Crippen LogP contribution in [0.3, 0.4) is 0 Å². The molecular formula is C21H38O6. The van der Waals surface area contributed by atoms with Crippen molar-refractivity contribution < 1.29 is 28.4 Å². The summed E-state index contributed by atoms with van der Waals surface area (Å²) in [6.45, 7) is 11.1. The van der Waals surface area contributed by atoms with E-state index in [0.717, 1.165) is 13.0 Å². The molecule has 5 atom stereocenters. The Morgan fingerprint density at radius 3 is 2.04 bits per heavy atom. The lowest BCUT2D eigenvalue weighted by atomic mass is 9.99. The molecule has 3 aliphatic heterocycles. The average molecular weight is 387 g/mol. The molecule has 0 spiro atoms. The van der Waals surface area contributed by atoms with Gasteiger partial charge in [0.25, 0.3) is 0 Å². The van der Waals surface area contributed by atoms with Crippen molar-refractivity contribution in [1.82, 2.24) is 0 Å². The highest BCUT2D eigenvalue weighted by atomic mass is 16.9. The van der Waals surface area contributed by atoms with E-state index in [1.807, 2.05) is 27.7 Å². The molecule has 0 aliphatic carbocycles. The number of rotatable bonds is 10. The Labute approximate surface area is 164 Å².